The predicted molar refractivity (Wildman–Crippen MR) is 76.6 cm³/mol. The quantitative estimate of drug-likeness (QED) is 0.860. The van der Waals surface area contributed by atoms with Crippen LogP contribution in [0, 0.1) is 0 Å². The van der Waals surface area contributed by atoms with Gasteiger partial charge in [0.25, 0.3) is 0 Å². The van der Waals surface area contributed by atoms with Gasteiger partial charge < -0.3 is 9.84 Å². The SMILES string of the molecule is O=C1OCc2c1cc1c(c2O)CN(Cc2ccccc2)C1. The van der Waals surface area contributed by atoms with Crippen molar-refractivity contribution in [2.24, 2.45) is 0 Å². The maximum atomic E-state index is 11.6. The summed E-state index contributed by atoms with van der Waals surface area (Å²) in [6.07, 6.45) is 0. The average Bonchev–Trinajstić information content (AvgIpc) is 3.05. The average molecular weight is 281 g/mol. The van der Waals surface area contributed by atoms with Crippen LogP contribution in [-0.4, -0.2) is 16.0 Å². The van der Waals surface area contributed by atoms with Crippen LogP contribution in [-0.2, 0) is 31.0 Å². The molecule has 0 aliphatic carbocycles. The van der Waals surface area contributed by atoms with E-state index in [0.717, 1.165) is 24.2 Å². The van der Waals surface area contributed by atoms with E-state index in [1.807, 2.05) is 24.3 Å². The lowest BCUT2D eigenvalue weighted by molar-refractivity contribution is 0.0534. The Hall–Kier alpha value is -2.33. The van der Waals surface area contributed by atoms with E-state index in [9.17, 15) is 9.90 Å². The van der Waals surface area contributed by atoms with Crippen molar-refractivity contribution in [2.75, 3.05) is 0 Å². The van der Waals surface area contributed by atoms with Crippen molar-refractivity contribution in [3.63, 3.8) is 0 Å². The lowest BCUT2D eigenvalue weighted by Crippen LogP contribution is -2.15. The van der Waals surface area contributed by atoms with Crippen LogP contribution in [0.25, 0.3) is 0 Å². The Morgan fingerprint density at radius 1 is 1.14 bits per heavy atom. The number of nitrogens with zero attached hydrogens (tertiary/aromatic N) is 1. The molecule has 106 valence electrons. The van der Waals surface area contributed by atoms with Crippen LogP contribution in [0.4, 0.5) is 0 Å². The number of cyclic esters (lactones) is 1. The summed E-state index contributed by atoms with van der Waals surface area (Å²) in [7, 11) is 0. The third kappa shape index (κ3) is 1.99. The van der Waals surface area contributed by atoms with Crippen LogP contribution in [0.3, 0.4) is 0 Å². The van der Waals surface area contributed by atoms with Gasteiger partial charge in [0.1, 0.15) is 12.4 Å². The molecule has 2 aliphatic heterocycles. The van der Waals surface area contributed by atoms with Crippen molar-refractivity contribution in [3.05, 3.63) is 64.2 Å². The lowest BCUT2D eigenvalue weighted by atomic mass is 10.0. The van der Waals surface area contributed by atoms with Gasteiger partial charge in [-0.25, -0.2) is 4.79 Å². The van der Waals surface area contributed by atoms with E-state index in [0.29, 0.717) is 17.7 Å². The lowest BCUT2D eigenvalue weighted by Gasteiger charge is -2.14. The molecule has 1 N–H and O–H groups in total. The van der Waals surface area contributed by atoms with Crippen LogP contribution >= 0.6 is 0 Å². The highest BCUT2D eigenvalue weighted by Gasteiger charge is 2.31. The van der Waals surface area contributed by atoms with E-state index in [4.69, 9.17) is 4.74 Å². The number of benzene rings is 2. The molecule has 0 bridgehead atoms. The molecular formula is C17H15NO3. The predicted octanol–water partition coefficient (Wildman–Crippen LogP) is 2.58. The summed E-state index contributed by atoms with van der Waals surface area (Å²) in [6, 6.07) is 12.1. The molecule has 0 saturated heterocycles. The minimum absolute atomic E-state index is 0.186. The van der Waals surface area contributed by atoms with E-state index in [1.165, 1.54) is 5.56 Å². The Bertz CT molecular complexity index is 725. The maximum Gasteiger partial charge on any atom is 0.339 e. The Morgan fingerprint density at radius 3 is 2.76 bits per heavy atom. The standard InChI is InChI=1S/C17H15NO3/c19-16-14-9-18(7-11-4-2-1-3-5-11)8-12(14)6-13-15(16)10-21-17(13)20/h1-6,19H,7-10H2. The Labute approximate surface area is 122 Å². The highest BCUT2D eigenvalue weighted by molar-refractivity contribution is 5.94. The number of esters is 1. The first-order chi connectivity index (χ1) is 10.2. The molecule has 0 saturated carbocycles. The minimum Gasteiger partial charge on any atom is -0.507 e. The van der Waals surface area contributed by atoms with Crippen molar-refractivity contribution >= 4 is 5.97 Å². The molecule has 2 aliphatic rings. The number of carbonyl (C=O) groups excluding carboxylic acids is 1. The van der Waals surface area contributed by atoms with Gasteiger partial charge in [-0.3, -0.25) is 4.90 Å². The zero-order valence-electron chi connectivity index (χ0n) is 11.5. The van der Waals surface area contributed by atoms with E-state index in [1.54, 1.807) is 0 Å². The summed E-state index contributed by atoms with van der Waals surface area (Å²) < 4.78 is 4.99. The smallest absolute Gasteiger partial charge is 0.339 e. The molecule has 0 unspecified atom stereocenters. The molecule has 4 nitrogen and oxygen atoms in total. The van der Waals surface area contributed by atoms with Gasteiger partial charge in [0.15, 0.2) is 0 Å². The Kier molecular flexibility index (Phi) is 2.72. The van der Waals surface area contributed by atoms with Crippen LogP contribution in [0.2, 0.25) is 0 Å². The molecule has 0 atom stereocenters. The highest BCUT2D eigenvalue weighted by atomic mass is 16.5. The van der Waals surface area contributed by atoms with E-state index in [-0.39, 0.29) is 18.3 Å². The van der Waals surface area contributed by atoms with Crippen LogP contribution < -0.4 is 0 Å². The number of phenolic OH excluding ortho intramolecular Hbond substituents is 1. The van der Waals surface area contributed by atoms with Gasteiger partial charge in [0.05, 0.1) is 5.56 Å². The third-order valence-electron chi connectivity index (χ3n) is 4.20. The highest BCUT2D eigenvalue weighted by Crippen LogP contribution is 2.38. The van der Waals surface area contributed by atoms with Crippen LogP contribution in [0.15, 0.2) is 36.4 Å². The van der Waals surface area contributed by atoms with Crippen molar-refractivity contribution in [2.45, 2.75) is 26.2 Å². The Morgan fingerprint density at radius 2 is 1.95 bits per heavy atom. The number of hydrogen-bond acceptors (Lipinski definition) is 4. The summed E-state index contributed by atoms with van der Waals surface area (Å²) in [5.41, 5.74) is 4.37. The number of ether oxygens (including phenoxy) is 1. The molecule has 2 aromatic carbocycles. The van der Waals surface area contributed by atoms with E-state index >= 15 is 0 Å². The molecule has 0 spiro atoms. The zero-order chi connectivity index (χ0) is 14.4. The van der Waals surface area contributed by atoms with Gasteiger partial charge in [-0.2, -0.15) is 0 Å². The number of hydrogen-bond donors (Lipinski definition) is 1. The molecule has 21 heavy (non-hydrogen) atoms. The zero-order valence-corrected chi connectivity index (χ0v) is 11.5. The van der Waals surface area contributed by atoms with E-state index in [2.05, 4.69) is 17.0 Å². The molecule has 2 heterocycles. The van der Waals surface area contributed by atoms with Crippen molar-refractivity contribution in [1.29, 1.82) is 0 Å². The maximum absolute atomic E-state index is 11.6. The van der Waals surface area contributed by atoms with Crippen molar-refractivity contribution in [1.82, 2.24) is 4.90 Å². The number of phenols is 1. The summed E-state index contributed by atoms with van der Waals surface area (Å²) in [5, 5.41) is 10.4. The molecule has 0 amide bonds. The van der Waals surface area contributed by atoms with Gasteiger partial charge >= 0.3 is 5.97 Å². The summed E-state index contributed by atoms with van der Waals surface area (Å²) in [6.45, 7) is 2.48. The number of carbonyl (C=O) groups is 1. The molecule has 4 rings (SSSR count). The van der Waals surface area contributed by atoms with Gasteiger partial charge in [-0.15, -0.1) is 0 Å². The number of fused-ring (bicyclic) bond motifs is 2. The van der Waals surface area contributed by atoms with Gasteiger partial charge in [0, 0.05) is 30.8 Å². The molecule has 0 aromatic heterocycles. The summed E-state index contributed by atoms with van der Waals surface area (Å²) in [5.74, 6) is -0.0893. The second-order valence-electron chi connectivity index (χ2n) is 5.60. The van der Waals surface area contributed by atoms with E-state index < -0.39 is 0 Å². The number of aromatic hydroxyl groups is 1. The fourth-order valence-corrected chi connectivity index (χ4v) is 3.15. The largest absolute Gasteiger partial charge is 0.507 e. The third-order valence-corrected chi connectivity index (χ3v) is 4.20. The van der Waals surface area contributed by atoms with Crippen LogP contribution in [0.1, 0.15) is 32.6 Å². The Balaban J connectivity index is 1.63. The van der Waals surface area contributed by atoms with Crippen molar-refractivity contribution in [3.8, 4) is 5.75 Å². The molecule has 0 radical (unpaired) electrons. The summed E-state index contributed by atoms with van der Waals surface area (Å²) >= 11 is 0. The van der Waals surface area contributed by atoms with Crippen LogP contribution in [0.5, 0.6) is 5.75 Å². The van der Waals surface area contributed by atoms with Gasteiger partial charge in [-0.1, -0.05) is 30.3 Å². The molecule has 2 aromatic rings. The molecule has 0 fully saturated rings. The fourth-order valence-electron chi connectivity index (χ4n) is 3.15. The number of rotatable bonds is 2. The first-order valence-electron chi connectivity index (χ1n) is 7.02. The normalized spacial score (nSPS) is 16.7. The van der Waals surface area contributed by atoms with Gasteiger partial charge in [-0.05, 0) is 17.2 Å². The fraction of sp³-hybridized carbons (Fsp3) is 0.235. The van der Waals surface area contributed by atoms with Gasteiger partial charge in [0.2, 0.25) is 0 Å². The first-order valence-corrected chi connectivity index (χ1v) is 7.02. The molecule has 4 heteroatoms. The monoisotopic (exact) mass is 281 g/mol. The topological polar surface area (TPSA) is 49.8 Å². The van der Waals surface area contributed by atoms with Crippen molar-refractivity contribution < 1.29 is 14.6 Å². The molecular weight excluding hydrogens is 266 g/mol. The summed E-state index contributed by atoms with van der Waals surface area (Å²) in [4.78, 5) is 13.9. The minimum atomic E-state index is -0.329. The second kappa shape index (κ2) is 4.60. The first kappa shape index (κ1) is 12.4. The second-order valence-corrected chi connectivity index (χ2v) is 5.60.